The van der Waals surface area contributed by atoms with Crippen molar-refractivity contribution in [1.82, 2.24) is 0 Å². The second kappa shape index (κ2) is 6.99. The van der Waals surface area contributed by atoms with Crippen LogP contribution in [0.3, 0.4) is 0 Å². The van der Waals surface area contributed by atoms with Gasteiger partial charge >= 0.3 is 0 Å². The average Bonchev–Trinajstić information content (AvgIpc) is 2.61. The van der Waals surface area contributed by atoms with Crippen LogP contribution < -0.4 is 0 Å². The molecule has 0 spiro atoms. The highest BCUT2D eigenvalue weighted by Gasteiger charge is 2.02. The number of aryl methyl sites for hydroxylation is 2. The zero-order chi connectivity index (χ0) is 16.1. The Morgan fingerprint density at radius 2 is 1.43 bits per heavy atom. The van der Waals surface area contributed by atoms with Gasteiger partial charge in [-0.05, 0) is 48.2 Å². The standard InChI is InChI=1S/C23H20/c1-3-19-10-12-20(13-11-19)14-17-21-6-4-5-7-23(21)22-15-8-18(2)9-16-22/h4-13,15-16H,3H2,1-2H3. The lowest BCUT2D eigenvalue weighted by Crippen LogP contribution is -1.85. The van der Waals surface area contributed by atoms with Gasteiger partial charge < -0.3 is 0 Å². The van der Waals surface area contributed by atoms with E-state index in [9.17, 15) is 0 Å². The quantitative estimate of drug-likeness (QED) is 0.538. The monoisotopic (exact) mass is 296 g/mol. The molecule has 0 bridgehead atoms. The molecule has 0 unspecified atom stereocenters. The van der Waals surface area contributed by atoms with Crippen molar-refractivity contribution >= 4 is 0 Å². The molecule has 0 atom stereocenters. The van der Waals surface area contributed by atoms with Crippen molar-refractivity contribution in [2.45, 2.75) is 20.3 Å². The van der Waals surface area contributed by atoms with Gasteiger partial charge in [0.15, 0.2) is 0 Å². The Hall–Kier alpha value is -2.78. The molecule has 0 N–H and O–H groups in total. The first-order valence-electron chi connectivity index (χ1n) is 8.03. The van der Waals surface area contributed by atoms with Gasteiger partial charge in [0, 0.05) is 11.1 Å². The van der Waals surface area contributed by atoms with Gasteiger partial charge in [-0.1, -0.05) is 78.9 Å². The van der Waals surface area contributed by atoms with E-state index in [4.69, 9.17) is 0 Å². The molecule has 0 aromatic heterocycles. The number of rotatable bonds is 2. The zero-order valence-electron chi connectivity index (χ0n) is 13.6. The third-order valence-electron chi connectivity index (χ3n) is 3.99. The molecule has 0 amide bonds. The summed E-state index contributed by atoms with van der Waals surface area (Å²) in [6, 6.07) is 25.4. The van der Waals surface area contributed by atoms with Gasteiger partial charge in [0.25, 0.3) is 0 Å². The fourth-order valence-electron chi connectivity index (χ4n) is 2.54. The summed E-state index contributed by atoms with van der Waals surface area (Å²) in [7, 11) is 0. The first kappa shape index (κ1) is 15.1. The number of hydrogen-bond acceptors (Lipinski definition) is 0. The summed E-state index contributed by atoms with van der Waals surface area (Å²) < 4.78 is 0. The summed E-state index contributed by atoms with van der Waals surface area (Å²) in [6.07, 6.45) is 1.06. The Morgan fingerprint density at radius 1 is 0.739 bits per heavy atom. The lowest BCUT2D eigenvalue weighted by Gasteiger charge is -2.05. The minimum atomic E-state index is 1.06. The Morgan fingerprint density at radius 3 is 2.13 bits per heavy atom. The van der Waals surface area contributed by atoms with E-state index < -0.39 is 0 Å². The predicted molar refractivity (Wildman–Crippen MR) is 98.4 cm³/mol. The van der Waals surface area contributed by atoms with Crippen molar-refractivity contribution < 1.29 is 0 Å². The highest BCUT2D eigenvalue weighted by Crippen LogP contribution is 2.23. The smallest absolute Gasteiger partial charge is 0.0327 e. The third kappa shape index (κ3) is 3.71. The number of benzene rings is 3. The van der Waals surface area contributed by atoms with Crippen LogP contribution in [0.1, 0.15) is 29.2 Å². The first-order chi connectivity index (χ1) is 11.3. The van der Waals surface area contributed by atoms with Crippen LogP contribution in [0.2, 0.25) is 0 Å². The number of hydrogen-bond donors (Lipinski definition) is 0. The van der Waals surface area contributed by atoms with E-state index in [1.807, 2.05) is 6.07 Å². The van der Waals surface area contributed by atoms with Crippen LogP contribution in [0.4, 0.5) is 0 Å². The molecular formula is C23H20. The van der Waals surface area contributed by atoms with E-state index in [0.29, 0.717) is 0 Å². The van der Waals surface area contributed by atoms with Crippen molar-refractivity contribution in [1.29, 1.82) is 0 Å². The topological polar surface area (TPSA) is 0 Å². The van der Waals surface area contributed by atoms with Crippen molar-refractivity contribution in [2.24, 2.45) is 0 Å². The minimum absolute atomic E-state index is 1.06. The summed E-state index contributed by atoms with van der Waals surface area (Å²) in [4.78, 5) is 0. The first-order valence-corrected chi connectivity index (χ1v) is 8.03. The molecule has 0 aliphatic heterocycles. The molecule has 0 fully saturated rings. The highest BCUT2D eigenvalue weighted by atomic mass is 14.0. The highest BCUT2D eigenvalue weighted by molar-refractivity contribution is 5.71. The molecule has 0 aliphatic carbocycles. The average molecular weight is 296 g/mol. The lowest BCUT2D eigenvalue weighted by molar-refractivity contribution is 1.14. The van der Waals surface area contributed by atoms with E-state index in [1.165, 1.54) is 22.3 Å². The van der Waals surface area contributed by atoms with Gasteiger partial charge in [-0.25, -0.2) is 0 Å². The van der Waals surface area contributed by atoms with Crippen LogP contribution in [0.15, 0.2) is 72.8 Å². The summed E-state index contributed by atoms with van der Waals surface area (Å²) in [5, 5.41) is 0. The second-order valence-electron chi connectivity index (χ2n) is 5.71. The second-order valence-corrected chi connectivity index (χ2v) is 5.71. The van der Waals surface area contributed by atoms with Crippen molar-refractivity contribution in [2.75, 3.05) is 0 Å². The molecule has 3 aromatic carbocycles. The van der Waals surface area contributed by atoms with Crippen molar-refractivity contribution in [3.05, 3.63) is 95.1 Å². The molecule has 0 nitrogen and oxygen atoms in total. The van der Waals surface area contributed by atoms with Crippen molar-refractivity contribution in [3.63, 3.8) is 0 Å². The van der Waals surface area contributed by atoms with Gasteiger partial charge in [0.05, 0.1) is 0 Å². The maximum Gasteiger partial charge on any atom is 0.0327 e. The summed E-state index contributed by atoms with van der Waals surface area (Å²) in [5.74, 6) is 6.61. The molecule has 23 heavy (non-hydrogen) atoms. The van der Waals surface area contributed by atoms with Crippen LogP contribution in [0, 0.1) is 18.8 Å². The Labute approximate surface area is 138 Å². The maximum atomic E-state index is 3.33. The van der Waals surface area contributed by atoms with Gasteiger partial charge in [-0.2, -0.15) is 0 Å². The van der Waals surface area contributed by atoms with Gasteiger partial charge in [0.1, 0.15) is 0 Å². The summed E-state index contributed by atoms with van der Waals surface area (Å²) >= 11 is 0. The van der Waals surface area contributed by atoms with E-state index >= 15 is 0 Å². The van der Waals surface area contributed by atoms with Crippen LogP contribution in [0.25, 0.3) is 11.1 Å². The van der Waals surface area contributed by atoms with Crippen LogP contribution in [0.5, 0.6) is 0 Å². The van der Waals surface area contributed by atoms with E-state index in [1.54, 1.807) is 0 Å². The molecule has 0 saturated carbocycles. The molecule has 3 rings (SSSR count). The summed E-state index contributed by atoms with van der Waals surface area (Å²) in [5.41, 5.74) is 7.13. The van der Waals surface area contributed by atoms with Crippen LogP contribution >= 0.6 is 0 Å². The van der Waals surface area contributed by atoms with E-state index in [2.05, 4.69) is 92.4 Å². The van der Waals surface area contributed by atoms with E-state index in [0.717, 1.165) is 17.5 Å². The third-order valence-corrected chi connectivity index (χ3v) is 3.99. The predicted octanol–water partition coefficient (Wildman–Crippen LogP) is 5.62. The molecule has 0 saturated heterocycles. The molecule has 0 heterocycles. The zero-order valence-corrected chi connectivity index (χ0v) is 13.6. The summed E-state index contributed by atoms with van der Waals surface area (Å²) in [6.45, 7) is 4.27. The largest absolute Gasteiger partial charge is 0.0616 e. The van der Waals surface area contributed by atoms with Crippen LogP contribution in [-0.2, 0) is 6.42 Å². The molecular weight excluding hydrogens is 276 g/mol. The Kier molecular flexibility index (Phi) is 4.60. The van der Waals surface area contributed by atoms with E-state index in [-0.39, 0.29) is 0 Å². The minimum Gasteiger partial charge on any atom is -0.0616 e. The molecule has 0 radical (unpaired) electrons. The van der Waals surface area contributed by atoms with Crippen LogP contribution in [-0.4, -0.2) is 0 Å². The Balaban J connectivity index is 1.95. The molecule has 0 aliphatic rings. The SMILES string of the molecule is CCc1ccc(C#Cc2ccccc2-c2ccc(C)cc2)cc1. The molecule has 112 valence electrons. The van der Waals surface area contributed by atoms with Gasteiger partial charge in [0.2, 0.25) is 0 Å². The van der Waals surface area contributed by atoms with Gasteiger partial charge in [-0.3, -0.25) is 0 Å². The van der Waals surface area contributed by atoms with Crippen molar-refractivity contribution in [3.8, 4) is 23.0 Å². The van der Waals surface area contributed by atoms with Gasteiger partial charge in [-0.15, -0.1) is 0 Å². The fraction of sp³-hybridized carbons (Fsp3) is 0.130. The molecule has 3 aromatic rings. The lowest BCUT2D eigenvalue weighted by atomic mass is 9.99. The Bertz CT molecular complexity index is 841. The maximum absolute atomic E-state index is 3.33. The fourth-order valence-corrected chi connectivity index (χ4v) is 2.54. The molecule has 0 heteroatoms. The normalized spacial score (nSPS) is 10.0.